The Labute approximate surface area is 113 Å². The van der Waals surface area contributed by atoms with Crippen molar-refractivity contribution in [3.05, 3.63) is 42.4 Å². The molecule has 5 nitrogen and oxygen atoms in total. The van der Waals surface area contributed by atoms with E-state index in [4.69, 9.17) is 9.15 Å². The second-order valence-electron chi connectivity index (χ2n) is 5.19. The molecule has 19 heavy (non-hydrogen) atoms. The van der Waals surface area contributed by atoms with Crippen molar-refractivity contribution in [2.75, 3.05) is 13.7 Å². The van der Waals surface area contributed by atoms with E-state index >= 15 is 0 Å². The van der Waals surface area contributed by atoms with Gasteiger partial charge in [-0.1, -0.05) is 0 Å². The van der Waals surface area contributed by atoms with Crippen LogP contribution in [-0.2, 0) is 11.8 Å². The molecule has 1 unspecified atom stereocenters. The number of nitrogens with zero attached hydrogens (tertiary/aromatic N) is 2. The van der Waals surface area contributed by atoms with E-state index in [1.807, 2.05) is 43.8 Å². The van der Waals surface area contributed by atoms with E-state index in [0.29, 0.717) is 6.54 Å². The van der Waals surface area contributed by atoms with Crippen molar-refractivity contribution in [1.82, 2.24) is 14.9 Å². The first kappa shape index (κ1) is 13.8. The maximum atomic E-state index is 5.52. The quantitative estimate of drug-likeness (QED) is 0.867. The molecule has 5 heteroatoms. The third-order valence-electron chi connectivity index (χ3n) is 3.23. The molecule has 0 aliphatic heterocycles. The molecular formula is C14H21N3O2. The maximum Gasteiger partial charge on any atom is 0.133 e. The molecule has 1 atom stereocenters. The van der Waals surface area contributed by atoms with Crippen LogP contribution in [0.5, 0.6) is 0 Å². The summed E-state index contributed by atoms with van der Waals surface area (Å²) in [5, 5.41) is 3.45. The van der Waals surface area contributed by atoms with Gasteiger partial charge in [-0.15, -0.1) is 0 Å². The molecule has 0 saturated heterocycles. The summed E-state index contributed by atoms with van der Waals surface area (Å²) < 4.78 is 12.9. The lowest BCUT2D eigenvalue weighted by Crippen LogP contribution is -2.39. The van der Waals surface area contributed by atoms with Crippen molar-refractivity contribution in [3.63, 3.8) is 0 Å². The Morgan fingerprint density at radius 2 is 2.32 bits per heavy atom. The van der Waals surface area contributed by atoms with Crippen LogP contribution in [0.4, 0.5) is 0 Å². The molecule has 0 fully saturated rings. The summed E-state index contributed by atoms with van der Waals surface area (Å²) in [6.07, 6.45) is 5.39. The monoisotopic (exact) mass is 263 g/mol. The molecule has 0 aliphatic rings. The number of methoxy groups -OCH3 is 1. The van der Waals surface area contributed by atoms with E-state index < -0.39 is 0 Å². The molecule has 104 valence electrons. The summed E-state index contributed by atoms with van der Waals surface area (Å²) in [7, 11) is 3.69. The number of hydrogen-bond donors (Lipinski definition) is 1. The molecule has 0 aromatic carbocycles. The largest absolute Gasteiger partial charge is 0.467 e. The van der Waals surface area contributed by atoms with Crippen LogP contribution < -0.4 is 5.32 Å². The molecule has 0 amide bonds. The van der Waals surface area contributed by atoms with E-state index in [2.05, 4.69) is 10.3 Å². The van der Waals surface area contributed by atoms with Gasteiger partial charge in [-0.3, -0.25) is 5.32 Å². The third-order valence-corrected chi connectivity index (χ3v) is 3.23. The van der Waals surface area contributed by atoms with Crippen LogP contribution in [0.2, 0.25) is 0 Å². The van der Waals surface area contributed by atoms with Gasteiger partial charge < -0.3 is 13.7 Å². The molecule has 1 N–H and O–H groups in total. The first-order valence-electron chi connectivity index (χ1n) is 6.32. The highest BCUT2D eigenvalue weighted by molar-refractivity contribution is 5.15. The van der Waals surface area contributed by atoms with Crippen LogP contribution >= 0.6 is 0 Å². The topological polar surface area (TPSA) is 52.2 Å². The van der Waals surface area contributed by atoms with E-state index in [9.17, 15) is 0 Å². The molecule has 2 heterocycles. The minimum absolute atomic E-state index is 0.0792. The molecule has 0 radical (unpaired) electrons. The van der Waals surface area contributed by atoms with Gasteiger partial charge in [-0.2, -0.15) is 0 Å². The van der Waals surface area contributed by atoms with Gasteiger partial charge in [0.25, 0.3) is 0 Å². The zero-order valence-corrected chi connectivity index (χ0v) is 11.9. The fourth-order valence-electron chi connectivity index (χ4n) is 1.85. The number of imidazole rings is 1. The van der Waals surface area contributed by atoms with Crippen molar-refractivity contribution in [2.45, 2.75) is 25.5 Å². The SMILES string of the molecule is COC(C)(C)CNC(c1ccco1)c1nccn1C. The van der Waals surface area contributed by atoms with Gasteiger partial charge in [0, 0.05) is 33.1 Å². The minimum Gasteiger partial charge on any atom is -0.467 e. The Bertz CT molecular complexity index is 503. The number of rotatable bonds is 6. The van der Waals surface area contributed by atoms with Gasteiger partial charge in [-0.25, -0.2) is 4.98 Å². The van der Waals surface area contributed by atoms with Crippen LogP contribution in [0, 0.1) is 0 Å². The van der Waals surface area contributed by atoms with Crippen molar-refractivity contribution >= 4 is 0 Å². The molecule has 0 aliphatic carbocycles. The average molecular weight is 263 g/mol. The van der Waals surface area contributed by atoms with E-state index in [0.717, 1.165) is 11.6 Å². The summed E-state index contributed by atoms with van der Waals surface area (Å²) in [6, 6.07) is 3.75. The number of aromatic nitrogens is 2. The lowest BCUT2D eigenvalue weighted by Gasteiger charge is -2.26. The second kappa shape index (κ2) is 5.59. The molecule has 0 bridgehead atoms. The van der Waals surface area contributed by atoms with Crippen molar-refractivity contribution in [1.29, 1.82) is 0 Å². The molecule has 2 aromatic heterocycles. The summed E-state index contributed by atoms with van der Waals surface area (Å²) in [6.45, 7) is 4.77. The Balaban J connectivity index is 2.19. The Kier molecular flexibility index (Phi) is 4.07. The van der Waals surface area contributed by atoms with Crippen LogP contribution in [0.25, 0.3) is 0 Å². The van der Waals surface area contributed by atoms with Crippen molar-refractivity contribution in [3.8, 4) is 0 Å². The van der Waals surface area contributed by atoms with Gasteiger partial charge in [-0.05, 0) is 26.0 Å². The highest BCUT2D eigenvalue weighted by Crippen LogP contribution is 2.21. The lowest BCUT2D eigenvalue weighted by atomic mass is 10.1. The molecule has 2 rings (SSSR count). The average Bonchev–Trinajstić information content (AvgIpc) is 3.02. The first-order valence-corrected chi connectivity index (χ1v) is 6.32. The predicted molar refractivity (Wildman–Crippen MR) is 72.8 cm³/mol. The van der Waals surface area contributed by atoms with E-state index in [1.165, 1.54) is 0 Å². The van der Waals surface area contributed by atoms with Crippen LogP contribution in [-0.4, -0.2) is 28.8 Å². The van der Waals surface area contributed by atoms with Gasteiger partial charge in [0.2, 0.25) is 0 Å². The number of ether oxygens (including phenoxy) is 1. The summed E-state index contributed by atoms with van der Waals surface area (Å²) >= 11 is 0. The maximum absolute atomic E-state index is 5.52. The summed E-state index contributed by atoms with van der Waals surface area (Å²) in [5.41, 5.74) is -0.240. The second-order valence-corrected chi connectivity index (χ2v) is 5.19. The Hall–Kier alpha value is -1.59. The molecule has 0 saturated carbocycles. The molecule has 0 spiro atoms. The predicted octanol–water partition coefficient (Wildman–Crippen LogP) is 2.12. The molecule has 2 aromatic rings. The number of nitrogens with one attached hydrogen (secondary N) is 1. The van der Waals surface area contributed by atoms with Crippen molar-refractivity contribution < 1.29 is 9.15 Å². The normalized spacial score (nSPS) is 13.7. The number of aryl methyl sites for hydroxylation is 1. The highest BCUT2D eigenvalue weighted by Gasteiger charge is 2.24. The molecular weight excluding hydrogens is 242 g/mol. The van der Waals surface area contributed by atoms with Gasteiger partial charge >= 0.3 is 0 Å². The van der Waals surface area contributed by atoms with Crippen LogP contribution in [0.15, 0.2) is 35.2 Å². The Morgan fingerprint density at radius 3 is 2.84 bits per heavy atom. The number of hydrogen-bond acceptors (Lipinski definition) is 4. The Morgan fingerprint density at radius 1 is 1.53 bits per heavy atom. The standard InChI is InChI=1S/C14H21N3O2/c1-14(2,18-4)10-16-12(11-6-5-9-19-11)13-15-7-8-17(13)3/h5-9,12,16H,10H2,1-4H3. The zero-order valence-electron chi connectivity index (χ0n) is 11.9. The first-order chi connectivity index (χ1) is 9.03. The summed E-state index contributed by atoms with van der Waals surface area (Å²) in [4.78, 5) is 4.40. The van der Waals surface area contributed by atoms with Crippen molar-refractivity contribution in [2.24, 2.45) is 7.05 Å². The van der Waals surface area contributed by atoms with E-state index in [-0.39, 0.29) is 11.6 Å². The van der Waals surface area contributed by atoms with Crippen LogP contribution in [0.3, 0.4) is 0 Å². The van der Waals surface area contributed by atoms with E-state index in [1.54, 1.807) is 19.6 Å². The third kappa shape index (κ3) is 3.24. The highest BCUT2D eigenvalue weighted by atomic mass is 16.5. The minimum atomic E-state index is -0.240. The van der Waals surface area contributed by atoms with Gasteiger partial charge in [0.05, 0.1) is 11.9 Å². The lowest BCUT2D eigenvalue weighted by molar-refractivity contribution is 0.0212. The zero-order chi connectivity index (χ0) is 13.9. The van der Waals surface area contributed by atoms with Gasteiger partial charge in [0.1, 0.15) is 17.6 Å². The summed E-state index contributed by atoms with van der Waals surface area (Å²) in [5.74, 6) is 1.77. The number of furan rings is 1. The van der Waals surface area contributed by atoms with Gasteiger partial charge in [0.15, 0.2) is 0 Å². The fourth-order valence-corrected chi connectivity index (χ4v) is 1.85. The van der Waals surface area contributed by atoms with Crippen LogP contribution in [0.1, 0.15) is 31.5 Å². The smallest absolute Gasteiger partial charge is 0.133 e. The fraction of sp³-hybridized carbons (Fsp3) is 0.500.